The predicted molar refractivity (Wildman–Crippen MR) is 107 cm³/mol. The summed E-state index contributed by atoms with van der Waals surface area (Å²) in [7, 11) is 0. The van der Waals surface area contributed by atoms with E-state index in [1.165, 1.54) is 5.56 Å². The summed E-state index contributed by atoms with van der Waals surface area (Å²) in [6.07, 6.45) is -0.563. The summed E-state index contributed by atoms with van der Waals surface area (Å²) in [5.41, 5.74) is 2.07. The molecule has 0 aromatic heterocycles. The molecule has 1 unspecified atom stereocenters. The van der Waals surface area contributed by atoms with Gasteiger partial charge in [-0.2, -0.15) is 0 Å². The topological polar surface area (TPSA) is 69.1 Å². The summed E-state index contributed by atoms with van der Waals surface area (Å²) in [5.74, 6) is 0.736. The van der Waals surface area contributed by atoms with Crippen molar-refractivity contribution in [2.45, 2.75) is 39.3 Å². The Balaban J connectivity index is 1.91. The van der Waals surface area contributed by atoms with E-state index < -0.39 is 6.10 Å². The SMILES string of the molecule is CCNC(=NCC(C)(C)N1CCOCC1)NCC(O)c1ccc(C)cc1. The highest BCUT2D eigenvalue weighted by Crippen LogP contribution is 2.16. The van der Waals surface area contributed by atoms with Crippen LogP contribution in [0.15, 0.2) is 29.3 Å². The zero-order chi connectivity index (χ0) is 19.0. The molecule has 1 aliphatic heterocycles. The quantitative estimate of drug-likeness (QED) is 0.509. The highest BCUT2D eigenvalue weighted by molar-refractivity contribution is 5.79. The van der Waals surface area contributed by atoms with E-state index in [1.54, 1.807) is 0 Å². The number of aliphatic imine (C=N–C) groups is 1. The average Bonchev–Trinajstić information content (AvgIpc) is 2.65. The largest absolute Gasteiger partial charge is 0.387 e. The Morgan fingerprint density at radius 1 is 1.23 bits per heavy atom. The zero-order valence-electron chi connectivity index (χ0n) is 16.6. The molecule has 1 atom stereocenters. The zero-order valence-corrected chi connectivity index (χ0v) is 16.6. The maximum absolute atomic E-state index is 10.4. The van der Waals surface area contributed by atoms with E-state index in [4.69, 9.17) is 9.73 Å². The minimum Gasteiger partial charge on any atom is -0.387 e. The molecule has 1 saturated heterocycles. The number of nitrogens with zero attached hydrogens (tertiary/aromatic N) is 2. The van der Waals surface area contributed by atoms with Gasteiger partial charge >= 0.3 is 0 Å². The second-order valence-electron chi connectivity index (χ2n) is 7.41. The first-order chi connectivity index (χ1) is 12.4. The van der Waals surface area contributed by atoms with E-state index in [2.05, 4.69) is 29.4 Å². The van der Waals surface area contributed by atoms with E-state index in [0.29, 0.717) is 13.1 Å². The van der Waals surface area contributed by atoms with Crippen LogP contribution in [0, 0.1) is 6.92 Å². The fourth-order valence-corrected chi connectivity index (χ4v) is 2.98. The van der Waals surface area contributed by atoms with Gasteiger partial charge < -0.3 is 20.5 Å². The summed E-state index contributed by atoms with van der Waals surface area (Å²) in [4.78, 5) is 7.16. The third kappa shape index (κ3) is 6.27. The van der Waals surface area contributed by atoms with Gasteiger partial charge in [-0.25, -0.2) is 0 Å². The van der Waals surface area contributed by atoms with Crippen LogP contribution in [0.5, 0.6) is 0 Å². The fraction of sp³-hybridized carbons (Fsp3) is 0.650. The predicted octanol–water partition coefficient (Wildman–Crippen LogP) is 1.69. The molecule has 0 amide bonds. The Morgan fingerprint density at radius 3 is 2.50 bits per heavy atom. The molecule has 0 spiro atoms. The average molecular weight is 363 g/mol. The van der Waals surface area contributed by atoms with Crippen molar-refractivity contribution in [3.05, 3.63) is 35.4 Å². The van der Waals surface area contributed by atoms with Gasteiger partial charge in [-0.3, -0.25) is 9.89 Å². The number of aliphatic hydroxyl groups is 1. The van der Waals surface area contributed by atoms with E-state index in [9.17, 15) is 5.11 Å². The molecule has 0 radical (unpaired) electrons. The Labute approximate surface area is 157 Å². The molecule has 1 aromatic carbocycles. The number of hydrogen-bond acceptors (Lipinski definition) is 4. The molecular formula is C20H34N4O2. The summed E-state index contributed by atoms with van der Waals surface area (Å²) < 4.78 is 5.44. The highest BCUT2D eigenvalue weighted by atomic mass is 16.5. The summed E-state index contributed by atoms with van der Waals surface area (Å²) in [6, 6.07) is 7.96. The number of morpholine rings is 1. The first kappa shape index (κ1) is 20.7. The first-order valence-corrected chi connectivity index (χ1v) is 9.52. The molecule has 2 rings (SSSR count). The van der Waals surface area contributed by atoms with Crippen LogP contribution in [0.4, 0.5) is 0 Å². The van der Waals surface area contributed by atoms with Crippen LogP contribution in [0.1, 0.15) is 38.0 Å². The molecule has 0 bridgehead atoms. The van der Waals surface area contributed by atoms with Gasteiger partial charge in [0.2, 0.25) is 0 Å². The lowest BCUT2D eigenvalue weighted by Crippen LogP contribution is -2.52. The molecule has 6 nitrogen and oxygen atoms in total. The number of benzene rings is 1. The molecule has 1 aromatic rings. The Hall–Kier alpha value is -1.63. The van der Waals surface area contributed by atoms with Gasteiger partial charge in [0.15, 0.2) is 5.96 Å². The Bertz CT molecular complexity index is 566. The Morgan fingerprint density at radius 2 is 1.88 bits per heavy atom. The van der Waals surface area contributed by atoms with Crippen molar-refractivity contribution in [3.8, 4) is 0 Å². The molecule has 6 heteroatoms. The monoisotopic (exact) mass is 362 g/mol. The van der Waals surface area contributed by atoms with Gasteiger partial charge in [0.25, 0.3) is 0 Å². The third-order valence-corrected chi connectivity index (χ3v) is 4.76. The molecule has 26 heavy (non-hydrogen) atoms. The maximum atomic E-state index is 10.4. The number of rotatable bonds is 7. The van der Waals surface area contributed by atoms with Crippen molar-refractivity contribution in [2.75, 3.05) is 45.9 Å². The molecule has 1 heterocycles. The summed E-state index contributed by atoms with van der Waals surface area (Å²) in [5, 5.41) is 16.9. The number of guanidine groups is 1. The molecule has 146 valence electrons. The number of aliphatic hydroxyl groups excluding tert-OH is 1. The standard InChI is InChI=1S/C20H34N4O2/c1-5-21-19(22-14-18(25)17-8-6-16(2)7-9-17)23-15-20(3,4)24-10-12-26-13-11-24/h6-9,18,25H,5,10-15H2,1-4H3,(H2,21,22,23). The van der Waals surface area contributed by atoms with Crippen LogP contribution in [-0.2, 0) is 4.74 Å². The first-order valence-electron chi connectivity index (χ1n) is 9.52. The van der Waals surface area contributed by atoms with Crippen LogP contribution < -0.4 is 10.6 Å². The minimum atomic E-state index is -0.563. The molecule has 1 aliphatic rings. The van der Waals surface area contributed by atoms with E-state index in [0.717, 1.165) is 44.4 Å². The molecular weight excluding hydrogens is 328 g/mol. The van der Waals surface area contributed by atoms with Gasteiger partial charge in [0.05, 0.1) is 25.9 Å². The van der Waals surface area contributed by atoms with Gasteiger partial charge in [0.1, 0.15) is 0 Å². The lowest BCUT2D eigenvalue weighted by atomic mass is 10.0. The van der Waals surface area contributed by atoms with Gasteiger partial charge in [-0.15, -0.1) is 0 Å². The third-order valence-electron chi connectivity index (χ3n) is 4.76. The number of hydrogen-bond donors (Lipinski definition) is 3. The van der Waals surface area contributed by atoms with Crippen molar-refractivity contribution >= 4 is 5.96 Å². The number of nitrogens with one attached hydrogen (secondary N) is 2. The summed E-state index contributed by atoms with van der Waals surface area (Å²) in [6.45, 7) is 13.9. The van der Waals surface area contributed by atoms with Crippen LogP contribution in [0.2, 0.25) is 0 Å². The van der Waals surface area contributed by atoms with E-state index >= 15 is 0 Å². The number of aryl methyl sites for hydroxylation is 1. The van der Waals surface area contributed by atoms with Gasteiger partial charge in [-0.1, -0.05) is 29.8 Å². The lowest BCUT2D eigenvalue weighted by molar-refractivity contribution is -0.00684. The maximum Gasteiger partial charge on any atom is 0.191 e. The number of ether oxygens (including phenoxy) is 1. The van der Waals surface area contributed by atoms with Crippen molar-refractivity contribution < 1.29 is 9.84 Å². The van der Waals surface area contributed by atoms with Crippen LogP contribution >= 0.6 is 0 Å². The second kappa shape index (κ2) is 9.90. The molecule has 1 fully saturated rings. The Kier molecular flexibility index (Phi) is 7.87. The van der Waals surface area contributed by atoms with Crippen molar-refractivity contribution in [1.29, 1.82) is 0 Å². The van der Waals surface area contributed by atoms with Crippen molar-refractivity contribution in [2.24, 2.45) is 4.99 Å². The van der Waals surface area contributed by atoms with E-state index in [1.807, 2.05) is 38.1 Å². The van der Waals surface area contributed by atoms with Gasteiger partial charge in [-0.05, 0) is 33.3 Å². The second-order valence-corrected chi connectivity index (χ2v) is 7.41. The van der Waals surface area contributed by atoms with Crippen LogP contribution in [0.3, 0.4) is 0 Å². The summed E-state index contributed by atoms with van der Waals surface area (Å²) >= 11 is 0. The lowest BCUT2D eigenvalue weighted by Gasteiger charge is -2.39. The molecule has 0 saturated carbocycles. The normalized spacial score (nSPS) is 17.8. The van der Waals surface area contributed by atoms with Crippen LogP contribution in [0.25, 0.3) is 0 Å². The van der Waals surface area contributed by atoms with Crippen LogP contribution in [-0.4, -0.2) is 67.4 Å². The van der Waals surface area contributed by atoms with Crippen molar-refractivity contribution in [3.63, 3.8) is 0 Å². The smallest absolute Gasteiger partial charge is 0.191 e. The van der Waals surface area contributed by atoms with Crippen molar-refractivity contribution in [1.82, 2.24) is 15.5 Å². The minimum absolute atomic E-state index is 0.0261. The fourth-order valence-electron chi connectivity index (χ4n) is 2.98. The van der Waals surface area contributed by atoms with Gasteiger partial charge in [0, 0.05) is 31.7 Å². The molecule has 3 N–H and O–H groups in total. The highest BCUT2D eigenvalue weighted by Gasteiger charge is 2.28. The van der Waals surface area contributed by atoms with E-state index in [-0.39, 0.29) is 5.54 Å². The molecule has 0 aliphatic carbocycles.